The molecule has 0 aliphatic rings. The molecule has 0 amide bonds. The Hall–Kier alpha value is -1.58. The maximum Gasteiger partial charge on any atom is 0.217 e. The number of hydrogen-bond acceptors (Lipinski definition) is 3. The predicted molar refractivity (Wildman–Crippen MR) is 49.0 cm³/mol. The Kier molecular flexibility index (Phi) is 1.69. The van der Waals surface area contributed by atoms with Crippen molar-refractivity contribution in [2.45, 2.75) is 13.8 Å². The second kappa shape index (κ2) is 2.73. The van der Waals surface area contributed by atoms with Crippen LogP contribution in [0.2, 0.25) is 0 Å². The molecule has 0 aromatic carbocycles. The van der Waals surface area contributed by atoms with Crippen molar-refractivity contribution in [1.29, 1.82) is 0 Å². The van der Waals surface area contributed by atoms with Crippen molar-refractivity contribution in [3.8, 4) is 5.88 Å². The molecule has 4 nitrogen and oxygen atoms in total. The van der Waals surface area contributed by atoms with Crippen LogP contribution in [-0.2, 0) is 0 Å². The molecular formula is C9H11N3O. The second-order valence-corrected chi connectivity index (χ2v) is 3.00. The Bertz CT molecular complexity index is 447. The van der Waals surface area contributed by atoms with Crippen LogP contribution in [-0.4, -0.2) is 21.7 Å². The monoisotopic (exact) mass is 177 g/mol. The summed E-state index contributed by atoms with van der Waals surface area (Å²) >= 11 is 0. The molecule has 0 fully saturated rings. The molecule has 2 rings (SSSR count). The van der Waals surface area contributed by atoms with Crippen LogP contribution in [0.1, 0.15) is 11.4 Å². The van der Waals surface area contributed by atoms with E-state index in [9.17, 15) is 0 Å². The number of hydrogen-bond donors (Lipinski definition) is 0. The lowest BCUT2D eigenvalue weighted by Gasteiger charge is -2.02. The Morgan fingerprint density at radius 2 is 2.00 bits per heavy atom. The molecule has 13 heavy (non-hydrogen) atoms. The van der Waals surface area contributed by atoms with Gasteiger partial charge in [-0.2, -0.15) is 9.61 Å². The minimum Gasteiger partial charge on any atom is -0.481 e. The van der Waals surface area contributed by atoms with Crippen molar-refractivity contribution >= 4 is 5.65 Å². The normalized spacial score (nSPS) is 10.7. The smallest absolute Gasteiger partial charge is 0.217 e. The van der Waals surface area contributed by atoms with Crippen molar-refractivity contribution < 1.29 is 4.74 Å². The molecule has 0 saturated heterocycles. The van der Waals surface area contributed by atoms with Gasteiger partial charge in [0.1, 0.15) is 0 Å². The summed E-state index contributed by atoms with van der Waals surface area (Å²) in [5, 5.41) is 4.25. The quantitative estimate of drug-likeness (QED) is 0.660. The first-order valence-electron chi connectivity index (χ1n) is 4.09. The molecule has 68 valence electrons. The van der Waals surface area contributed by atoms with Crippen molar-refractivity contribution in [3.05, 3.63) is 23.5 Å². The summed E-state index contributed by atoms with van der Waals surface area (Å²) in [6.07, 6.45) is 0. The Labute approximate surface area is 76.2 Å². The lowest BCUT2D eigenvalue weighted by atomic mass is 10.4. The van der Waals surface area contributed by atoms with Crippen molar-refractivity contribution in [1.82, 2.24) is 14.6 Å². The molecule has 2 heterocycles. The van der Waals surface area contributed by atoms with E-state index in [0.29, 0.717) is 0 Å². The SMILES string of the molecule is COc1cc(C)nc2cc(C)nn12. The van der Waals surface area contributed by atoms with E-state index in [1.807, 2.05) is 26.0 Å². The molecule has 0 radical (unpaired) electrons. The van der Waals surface area contributed by atoms with Gasteiger partial charge in [0, 0.05) is 17.8 Å². The van der Waals surface area contributed by atoms with Gasteiger partial charge < -0.3 is 4.74 Å². The lowest BCUT2D eigenvalue weighted by molar-refractivity contribution is 0.384. The number of methoxy groups -OCH3 is 1. The number of rotatable bonds is 1. The van der Waals surface area contributed by atoms with Gasteiger partial charge in [-0.1, -0.05) is 0 Å². The first-order chi connectivity index (χ1) is 6.20. The van der Waals surface area contributed by atoms with Gasteiger partial charge in [-0.05, 0) is 13.8 Å². The minimum absolute atomic E-state index is 0.718. The molecule has 2 aromatic rings. The first kappa shape index (κ1) is 8.04. The molecule has 0 unspecified atom stereocenters. The molecule has 0 saturated carbocycles. The fraction of sp³-hybridized carbons (Fsp3) is 0.333. The van der Waals surface area contributed by atoms with Crippen LogP contribution in [0.3, 0.4) is 0 Å². The van der Waals surface area contributed by atoms with E-state index in [1.165, 1.54) is 0 Å². The number of aromatic nitrogens is 3. The van der Waals surface area contributed by atoms with Gasteiger partial charge in [0.05, 0.1) is 12.8 Å². The van der Waals surface area contributed by atoms with Gasteiger partial charge in [0.25, 0.3) is 0 Å². The van der Waals surface area contributed by atoms with E-state index in [0.717, 1.165) is 22.9 Å². The molecule has 0 N–H and O–H groups in total. The van der Waals surface area contributed by atoms with Crippen molar-refractivity contribution in [2.75, 3.05) is 7.11 Å². The van der Waals surface area contributed by atoms with E-state index < -0.39 is 0 Å². The van der Waals surface area contributed by atoms with E-state index in [2.05, 4.69) is 10.1 Å². The highest BCUT2D eigenvalue weighted by Gasteiger charge is 2.05. The van der Waals surface area contributed by atoms with E-state index in [4.69, 9.17) is 4.74 Å². The molecular weight excluding hydrogens is 166 g/mol. The summed E-state index contributed by atoms with van der Waals surface area (Å²) in [5.41, 5.74) is 2.70. The summed E-state index contributed by atoms with van der Waals surface area (Å²) in [6, 6.07) is 3.79. The van der Waals surface area contributed by atoms with Gasteiger partial charge in [0.2, 0.25) is 5.88 Å². The summed E-state index contributed by atoms with van der Waals surface area (Å²) in [6.45, 7) is 3.87. The third kappa shape index (κ3) is 1.24. The largest absolute Gasteiger partial charge is 0.481 e. The van der Waals surface area contributed by atoms with E-state index in [1.54, 1.807) is 11.6 Å². The van der Waals surface area contributed by atoms with Crippen LogP contribution < -0.4 is 4.74 Å². The Morgan fingerprint density at radius 1 is 1.23 bits per heavy atom. The summed E-state index contributed by atoms with van der Waals surface area (Å²) in [4.78, 5) is 4.33. The van der Waals surface area contributed by atoms with Crippen LogP contribution in [0.15, 0.2) is 12.1 Å². The fourth-order valence-electron chi connectivity index (χ4n) is 1.33. The molecule has 0 atom stereocenters. The summed E-state index contributed by atoms with van der Waals surface area (Å²) in [7, 11) is 1.63. The number of fused-ring (bicyclic) bond motifs is 1. The Balaban J connectivity index is 2.80. The van der Waals surface area contributed by atoms with Crippen LogP contribution in [0, 0.1) is 13.8 Å². The van der Waals surface area contributed by atoms with Crippen LogP contribution in [0.25, 0.3) is 5.65 Å². The molecule has 0 spiro atoms. The van der Waals surface area contributed by atoms with Gasteiger partial charge in [-0.15, -0.1) is 0 Å². The number of aryl methyl sites for hydroxylation is 2. The highest BCUT2D eigenvalue weighted by Crippen LogP contribution is 2.14. The topological polar surface area (TPSA) is 39.4 Å². The summed E-state index contributed by atoms with van der Waals surface area (Å²) in [5.74, 6) is 0.718. The predicted octanol–water partition coefficient (Wildman–Crippen LogP) is 1.35. The van der Waals surface area contributed by atoms with Crippen LogP contribution in [0.5, 0.6) is 5.88 Å². The minimum atomic E-state index is 0.718. The maximum atomic E-state index is 5.18. The van der Waals surface area contributed by atoms with Crippen LogP contribution in [0.4, 0.5) is 0 Å². The summed E-state index contributed by atoms with van der Waals surface area (Å²) < 4.78 is 6.88. The maximum absolute atomic E-state index is 5.18. The molecule has 0 aliphatic heterocycles. The molecule has 2 aromatic heterocycles. The van der Waals surface area contributed by atoms with Gasteiger partial charge in [0.15, 0.2) is 5.65 Å². The average molecular weight is 177 g/mol. The van der Waals surface area contributed by atoms with E-state index in [-0.39, 0.29) is 0 Å². The zero-order valence-corrected chi connectivity index (χ0v) is 7.90. The van der Waals surface area contributed by atoms with E-state index >= 15 is 0 Å². The van der Waals surface area contributed by atoms with Crippen molar-refractivity contribution in [2.24, 2.45) is 0 Å². The Morgan fingerprint density at radius 3 is 2.69 bits per heavy atom. The van der Waals surface area contributed by atoms with Crippen LogP contribution >= 0.6 is 0 Å². The lowest BCUT2D eigenvalue weighted by Crippen LogP contribution is -1.98. The molecule has 4 heteroatoms. The zero-order chi connectivity index (χ0) is 9.42. The van der Waals surface area contributed by atoms with Gasteiger partial charge in [-0.3, -0.25) is 0 Å². The number of nitrogens with zero attached hydrogens (tertiary/aromatic N) is 3. The zero-order valence-electron chi connectivity index (χ0n) is 7.90. The first-order valence-corrected chi connectivity index (χ1v) is 4.09. The number of ether oxygens (including phenoxy) is 1. The average Bonchev–Trinajstić information content (AvgIpc) is 2.43. The fourth-order valence-corrected chi connectivity index (χ4v) is 1.33. The highest BCUT2D eigenvalue weighted by molar-refractivity contribution is 5.42. The van der Waals surface area contributed by atoms with Gasteiger partial charge >= 0.3 is 0 Å². The second-order valence-electron chi connectivity index (χ2n) is 3.00. The van der Waals surface area contributed by atoms with Crippen molar-refractivity contribution in [3.63, 3.8) is 0 Å². The molecule has 0 aliphatic carbocycles. The molecule has 0 bridgehead atoms. The third-order valence-electron chi connectivity index (χ3n) is 1.85. The third-order valence-corrected chi connectivity index (χ3v) is 1.85. The van der Waals surface area contributed by atoms with Gasteiger partial charge in [-0.25, -0.2) is 4.98 Å². The standard InChI is InChI=1S/C9H11N3O/c1-6-5-9(13-3)12-8(10-6)4-7(2)11-12/h4-5H,1-3H3. The highest BCUT2D eigenvalue weighted by atomic mass is 16.5.